The fourth-order valence-corrected chi connectivity index (χ4v) is 2.96. The molecule has 3 rings (SSSR count). The Kier molecular flexibility index (Phi) is 4.87. The van der Waals surface area contributed by atoms with Crippen LogP contribution >= 0.6 is 0 Å². The molecule has 1 aromatic rings. The van der Waals surface area contributed by atoms with Crippen LogP contribution in [0.1, 0.15) is 25.1 Å². The van der Waals surface area contributed by atoms with E-state index in [1.54, 1.807) is 0 Å². The van der Waals surface area contributed by atoms with E-state index in [1.165, 1.54) is 0 Å². The molecule has 1 amide bonds. The van der Waals surface area contributed by atoms with E-state index in [0.29, 0.717) is 19.1 Å². The van der Waals surface area contributed by atoms with Crippen molar-refractivity contribution < 1.29 is 14.3 Å². The van der Waals surface area contributed by atoms with Crippen molar-refractivity contribution in [3.8, 4) is 0 Å². The summed E-state index contributed by atoms with van der Waals surface area (Å²) in [6, 6.07) is 0. The van der Waals surface area contributed by atoms with Crippen LogP contribution in [0.25, 0.3) is 0 Å². The van der Waals surface area contributed by atoms with Gasteiger partial charge >= 0.3 is 0 Å². The molecule has 0 spiro atoms. The molecule has 1 aromatic heterocycles. The quantitative estimate of drug-likeness (QED) is 0.841. The standard InChI is InChI=1S/C15H23N3O3/c19-15(11-20-10-13-2-1-7-21-13)17-9-12-3-5-18-6-4-16-14(18)8-12/h4,6,12-13H,1-3,5,7-11H2,(H,17,19)/t12-,13-/m1/s1. The van der Waals surface area contributed by atoms with E-state index in [0.717, 1.165) is 44.7 Å². The van der Waals surface area contributed by atoms with E-state index in [1.807, 2.05) is 12.4 Å². The van der Waals surface area contributed by atoms with Gasteiger partial charge in [0.1, 0.15) is 12.4 Å². The molecule has 1 fully saturated rings. The van der Waals surface area contributed by atoms with Crippen LogP contribution in [-0.2, 0) is 27.2 Å². The van der Waals surface area contributed by atoms with Crippen molar-refractivity contribution in [3.63, 3.8) is 0 Å². The normalized spacial score (nSPS) is 24.8. The van der Waals surface area contributed by atoms with Crippen LogP contribution in [-0.4, -0.2) is 47.9 Å². The summed E-state index contributed by atoms with van der Waals surface area (Å²) in [7, 11) is 0. The monoisotopic (exact) mass is 293 g/mol. The molecule has 0 unspecified atom stereocenters. The summed E-state index contributed by atoms with van der Waals surface area (Å²) in [6.45, 7) is 3.16. The average molecular weight is 293 g/mol. The van der Waals surface area contributed by atoms with E-state index in [2.05, 4.69) is 14.9 Å². The molecule has 1 N–H and O–H groups in total. The lowest BCUT2D eigenvalue weighted by atomic mass is 9.98. The van der Waals surface area contributed by atoms with Gasteiger partial charge in [-0.1, -0.05) is 0 Å². The number of hydrogen-bond donors (Lipinski definition) is 1. The number of amides is 1. The van der Waals surface area contributed by atoms with Crippen molar-refractivity contribution in [2.24, 2.45) is 5.92 Å². The molecular formula is C15H23N3O3. The zero-order chi connectivity index (χ0) is 14.5. The highest BCUT2D eigenvalue weighted by Gasteiger charge is 2.20. The Balaban J connectivity index is 1.31. The van der Waals surface area contributed by atoms with Crippen LogP contribution in [0, 0.1) is 5.92 Å². The van der Waals surface area contributed by atoms with E-state index < -0.39 is 0 Å². The number of fused-ring (bicyclic) bond motifs is 1. The predicted molar refractivity (Wildman–Crippen MR) is 76.8 cm³/mol. The van der Waals surface area contributed by atoms with Crippen LogP contribution in [0.5, 0.6) is 0 Å². The van der Waals surface area contributed by atoms with Crippen LogP contribution in [0.4, 0.5) is 0 Å². The van der Waals surface area contributed by atoms with Crippen LogP contribution in [0.15, 0.2) is 12.4 Å². The second kappa shape index (κ2) is 7.04. The number of carbonyl (C=O) groups is 1. The number of nitrogens with one attached hydrogen (secondary N) is 1. The number of imidazole rings is 1. The van der Waals surface area contributed by atoms with Gasteiger partial charge in [0.2, 0.25) is 5.91 Å². The van der Waals surface area contributed by atoms with Gasteiger partial charge in [0.25, 0.3) is 0 Å². The Morgan fingerprint density at radius 3 is 3.33 bits per heavy atom. The second-order valence-corrected chi connectivity index (χ2v) is 5.85. The predicted octanol–water partition coefficient (Wildman–Crippen LogP) is 0.757. The third kappa shape index (κ3) is 4.04. The van der Waals surface area contributed by atoms with Crippen molar-refractivity contribution in [2.75, 3.05) is 26.4 Å². The maximum absolute atomic E-state index is 11.8. The van der Waals surface area contributed by atoms with Gasteiger partial charge in [-0.3, -0.25) is 4.79 Å². The van der Waals surface area contributed by atoms with Gasteiger partial charge < -0.3 is 19.4 Å². The third-order valence-electron chi connectivity index (χ3n) is 4.20. The number of aryl methyl sites for hydroxylation is 1. The topological polar surface area (TPSA) is 65.4 Å². The van der Waals surface area contributed by atoms with Crippen molar-refractivity contribution in [1.82, 2.24) is 14.9 Å². The van der Waals surface area contributed by atoms with Gasteiger partial charge in [-0.15, -0.1) is 0 Å². The number of nitrogens with zero attached hydrogens (tertiary/aromatic N) is 2. The molecule has 1 saturated heterocycles. The molecular weight excluding hydrogens is 270 g/mol. The van der Waals surface area contributed by atoms with Crippen molar-refractivity contribution in [1.29, 1.82) is 0 Å². The highest BCUT2D eigenvalue weighted by atomic mass is 16.5. The van der Waals surface area contributed by atoms with E-state index >= 15 is 0 Å². The Morgan fingerprint density at radius 2 is 2.48 bits per heavy atom. The first-order valence-electron chi connectivity index (χ1n) is 7.77. The number of hydrogen-bond acceptors (Lipinski definition) is 4. The lowest BCUT2D eigenvalue weighted by Gasteiger charge is -2.23. The summed E-state index contributed by atoms with van der Waals surface area (Å²) >= 11 is 0. The third-order valence-corrected chi connectivity index (χ3v) is 4.20. The molecule has 6 nitrogen and oxygen atoms in total. The Morgan fingerprint density at radius 1 is 1.52 bits per heavy atom. The zero-order valence-electron chi connectivity index (χ0n) is 12.3. The summed E-state index contributed by atoms with van der Waals surface area (Å²) in [6.07, 6.45) is 8.19. The maximum atomic E-state index is 11.8. The van der Waals surface area contributed by atoms with Crippen molar-refractivity contribution >= 4 is 5.91 Å². The SMILES string of the molecule is O=C(COC[C@H]1CCCO1)NC[C@@H]1CCn2ccnc2C1. The molecule has 0 aromatic carbocycles. The fraction of sp³-hybridized carbons (Fsp3) is 0.733. The van der Waals surface area contributed by atoms with Gasteiger partial charge in [0.05, 0.1) is 12.7 Å². The number of rotatable bonds is 6. The van der Waals surface area contributed by atoms with Gasteiger partial charge in [-0.05, 0) is 25.2 Å². The van der Waals surface area contributed by atoms with Crippen LogP contribution < -0.4 is 5.32 Å². The van der Waals surface area contributed by atoms with Gasteiger partial charge in [-0.2, -0.15) is 0 Å². The van der Waals surface area contributed by atoms with Crippen molar-refractivity contribution in [3.05, 3.63) is 18.2 Å². The fourth-order valence-electron chi connectivity index (χ4n) is 2.96. The number of ether oxygens (including phenoxy) is 2. The first kappa shape index (κ1) is 14.5. The largest absolute Gasteiger partial charge is 0.376 e. The van der Waals surface area contributed by atoms with Gasteiger partial charge in [0, 0.05) is 38.5 Å². The molecule has 6 heteroatoms. The number of carbonyl (C=O) groups excluding carboxylic acids is 1. The lowest BCUT2D eigenvalue weighted by Crippen LogP contribution is -2.35. The summed E-state index contributed by atoms with van der Waals surface area (Å²) in [5.74, 6) is 1.55. The molecule has 116 valence electrons. The maximum Gasteiger partial charge on any atom is 0.246 e. The van der Waals surface area contributed by atoms with Crippen molar-refractivity contribution in [2.45, 2.75) is 38.3 Å². The minimum atomic E-state index is -0.0399. The first-order chi connectivity index (χ1) is 10.3. The summed E-state index contributed by atoms with van der Waals surface area (Å²) < 4.78 is 13.0. The molecule has 0 radical (unpaired) electrons. The number of aromatic nitrogens is 2. The Bertz CT molecular complexity index is 468. The summed E-state index contributed by atoms with van der Waals surface area (Å²) in [5, 5.41) is 2.96. The Hall–Kier alpha value is -1.40. The molecule has 0 bridgehead atoms. The Labute approximate surface area is 124 Å². The van der Waals surface area contributed by atoms with Gasteiger partial charge in [0.15, 0.2) is 0 Å². The minimum Gasteiger partial charge on any atom is -0.376 e. The molecule has 21 heavy (non-hydrogen) atoms. The average Bonchev–Trinajstić information content (AvgIpc) is 3.15. The summed E-state index contributed by atoms with van der Waals surface area (Å²) in [4.78, 5) is 16.1. The highest BCUT2D eigenvalue weighted by molar-refractivity contribution is 5.77. The van der Waals surface area contributed by atoms with E-state index in [-0.39, 0.29) is 18.6 Å². The summed E-state index contributed by atoms with van der Waals surface area (Å²) in [5.41, 5.74) is 0. The highest BCUT2D eigenvalue weighted by Crippen LogP contribution is 2.18. The first-order valence-corrected chi connectivity index (χ1v) is 7.77. The molecule has 2 aliphatic heterocycles. The van der Waals surface area contributed by atoms with Crippen LogP contribution in [0.3, 0.4) is 0 Å². The molecule has 3 heterocycles. The lowest BCUT2D eigenvalue weighted by molar-refractivity contribution is -0.127. The van der Waals surface area contributed by atoms with E-state index in [4.69, 9.17) is 9.47 Å². The molecule has 2 aliphatic rings. The smallest absolute Gasteiger partial charge is 0.246 e. The zero-order valence-corrected chi connectivity index (χ0v) is 12.3. The minimum absolute atomic E-state index is 0.0399. The van der Waals surface area contributed by atoms with E-state index in [9.17, 15) is 4.79 Å². The van der Waals surface area contributed by atoms with Crippen LogP contribution in [0.2, 0.25) is 0 Å². The molecule has 0 saturated carbocycles. The molecule has 0 aliphatic carbocycles. The second-order valence-electron chi connectivity index (χ2n) is 5.85. The molecule has 2 atom stereocenters. The van der Waals surface area contributed by atoms with Gasteiger partial charge in [-0.25, -0.2) is 4.98 Å².